The third-order valence-corrected chi connectivity index (χ3v) is 3.73. The van der Waals surface area contributed by atoms with Crippen LogP contribution in [0.3, 0.4) is 0 Å². The molecule has 17 heavy (non-hydrogen) atoms. The van der Waals surface area contributed by atoms with Crippen molar-refractivity contribution in [3.05, 3.63) is 36.0 Å². The van der Waals surface area contributed by atoms with Crippen LogP contribution < -0.4 is 0 Å². The third-order valence-electron chi connectivity index (χ3n) is 3.73. The normalized spacial score (nSPS) is 17.7. The number of hydrogen-bond acceptors (Lipinski definition) is 1. The van der Waals surface area contributed by atoms with E-state index in [1.54, 1.807) is 0 Å². The van der Waals surface area contributed by atoms with Crippen LogP contribution in [0.1, 0.15) is 18.4 Å². The summed E-state index contributed by atoms with van der Waals surface area (Å²) in [7, 11) is 0. The van der Waals surface area contributed by atoms with Gasteiger partial charge in [-0.05, 0) is 48.8 Å². The Labute approximate surface area is 102 Å². The van der Waals surface area contributed by atoms with Crippen LogP contribution in [0.2, 0.25) is 0 Å². The number of aryl methyl sites for hydroxylation is 1. The third kappa shape index (κ3) is 2.22. The molecule has 1 aromatic carbocycles. The van der Waals surface area contributed by atoms with Gasteiger partial charge < -0.3 is 9.30 Å². The number of fused-ring (bicyclic) bond motifs is 1. The molecule has 0 unspecified atom stereocenters. The van der Waals surface area contributed by atoms with Crippen molar-refractivity contribution < 1.29 is 4.74 Å². The van der Waals surface area contributed by atoms with E-state index in [-0.39, 0.29) is 0 Å². The quantitative estimate of drug-likeness (QED) is 0.770. The maximum atomic E-state index is 5.42. The number of aromatic nitrogens is 1. The van der Waals surface area contributed by atoms with E-state index in [2.05, 4.69) is 42.0 Å². The Hall–Kier alpha value is -1.28. The summed E-state index contributed by atoms with van der Waals surface area (Å²) >= 11 is 0. The summed E-state index contributed by atoms with van der Waals surface area (Å²) in [5.74, 6) is 0.778. The van der Waals surface area contributed by atoms with Crippen LogP contribution in [0.25, 0.3) is 10.9 Å². The van der Waals surface area contributed by atoms with Crippen molar-refractivity contribution in [3.8, 4) is 0 Å². The van der Waals surface area contributed by atoms with E-state index >= 15 is 0 Å². The van der Waals surface area contributed by atoms with E-state index in [1.165, 1.54) is 29.3 Å². The Kier molecular flexibility index (Phi) is 2.89. The number of rotatable bonds is 2. The molecule has 0 saturated carbocycles. The summed E-state index contributed by atoms with van der Waals surface area (Å²) in [6, 6.07) is 8.90. The van der Waals surface area contributed by atoms with Gasteiger partial charge in [-0.25, -0.2) is 0 Å². The lowest BCUT2D eigenvalue weighted by molar-refractivity contribution is 0.0616. The topological polar surface area (TPSA) is 14.2 Å². The predicted octanol–water partition coefficient (Wildman–Crippen LogP) is 3.38. The van der Waals surface area contributed by atoms with Crippen molar-refractivity contribution in [2.75, 3.05) is 13.2 Å². The van der Waals surface area contributed by atoms with Crippen LogP contribution in [-0.2, 0) is 11.3 Å². The second-order valence-corrected chi connectivity index (χ2v) is 5.09. The molecular formula is C15H19NO. The highest BCUT2D eigenvalue weighted by atomic mass is 16.5. The number of nitrogens with zero attached hydrogens (tertiary/aromatic N) is 1. The summed E-state index contributed by atoms with van der Waals surface area (Å²) in [5.41, 5.74) is 2.71. The zero-order valence-electron chi connectivity index (χ0n) is 10.4. The molecule has 2 heterocycles. The predicted molar refractivity (Wildman–Crippen MR) is 70.2 cm³/mol. The minimum Gasteiger partial charge on any atom is -0.381 e. The molecule has 1 aliphatic rings. The molecule has 0 bridgehead atoms. The van der Waals surface area contributed by atoms with E-state index in [1.807, 2.05) is 0 Å². The first-order valence-corrected chi connectivity index (χ1v) is 6.46. The van der Waals surface area contributed by atoms with Gasteiger partial charge in [-0.15, -0.1) is 0 Å². The summed E-state index contributed by atoms with van der Waals surface area (Å²) in [6.45, 7) is 5.16. The molecule has 1 saturated heterocycles. The fourth-order valence-electron chi connectivity index (χ4n) is 2.66. The molecule has 0 atom stereocenters. The number of benzene rings is 1. The minimum atomic E-state index is 0.778. The van der Waals surface area contributed by atoms with Gasteiger partial charge in [-0.2, -0.15) is 0 Å². The van der Waals surface area contributed by atoms with Crippen molar-refractivity contribution in [3.63, 3.8) is 0 Å². The van der Waals surface area contributed by atoms with Gasteiger partial charge in [0.2, 0.25) is 0 Å². The van der Waals surface area contributed by atoms with Gasteiger partial charge in [0, 0.05) is 31.5 Å². The number of ether oxygens (including phenoxy) is 1. The molecule has 2 aromatic rings. The van der Waals surface area contributed by atoms with Crippen molar-refractivity contribution >= 4 is 10.9 Å². The van der Waals surface area contributed by atoms with Gasteiger partial charge in [0.15, 0.2) is 0 Å². The van der Waals surface area contributed by atoms with E-state index in [4.69, 9.17) is 4.74 Å². The van der Waals surface area contributed by atoms with Crippen LogP contribution >= 0.6 is 0 Å². The van der Waals surface area contributed by atoms with E-state index < -0.39 is 0 Å². The van der Waals surface area contributed by atoms with Crippen LogP contribution in [0.5, 0.6) is 0 Å². The zero-order valence-corrected chi connectivity index (χ0v) is 10.4. The van der Waals surface area contributed by atoms with E-state index in [0.29, 0.717) is 0 Å². The van der Waals surface area contributed by atoms with Crippen molar-refractivity contribution in [1.82, 2.24) is 4.57 Å². The molecule has 2 heteroatoms. The van der Waals surface area contributed by atoms with Gasteiger partial charge >= 0.3 is 0 Å². The molecule has 2 nitrogen and oxygen atoms in total. The lowest BCUT2D eigenvalue weighted by Crippen LogP contribution is -2.20. The summed E-state index contributed by atoms with van der Waals surface area (Å²) in [6.07, 6.45) is 4.62. The van der Waals surface area contributed by atoms with Crippen molar-refractivity contribution in [2.24, 2.45) is 5.92 Å². The molecule has 1 aromatic heterocycles. The molecular weight excluding hydrogens is 210 g/mol. The summed E-state index contributed by atoms with van der Waals surface area (Å²) in [4.78, 5) is 0. The SMILES string of the molecule is Cc1ccc2ccn(CC3CCOCC3)c2c1. The summed E-state index contributed by atoms with van der Waals surface area (Å²) in [5, 5.41) is 1.35. The molecule has 3 rings (SSSR count). The van der Waals surface area contributed by atoms with Crippen LogP contribution in [-0.4, -0.2) is 17.8 Å². The lowest BCUT2D eigenvalue weighted by Gasteiger charge is -2.22. The first-order chi connectivity index (χ1) is 8.33. The minimum absolute atomic E-state index is 0.778. The maximum absolute atomic E-state index is 5.42. The molecule has 0 amide bonds. The zero-order chi connectivity index (χ0) is 11.7. The van der Waals surface area contributed by atoms with Crippen LogP contribution in [0.4, 0.5) is 0 Å². The molecule has 90 valence electrons. The van der Waals surface area contributed by atoms with Crippen LogP contribution in [0, 0.1) is 12.8 Å². The smallest absolute Gasteiger partial charge is 0.0483 e. The molecule has 1 fully saturated rings. The Balaban J connectivity index is 1.86. The highest BCUT2D eigenvalue weighted by molar-refractivity contribution is 5.80. The van der Waals surface area contributed by atoms with Gasteiger partial charge in [0.05, 0.1) is 0 Å². The fraction of sp³-hybridized carbons (Fsp3) is 0.467. The van der Waals surface area contributed by atoms with Gasteiger partial charge in [0.25, 0.3) is 0 Å². The highest BCUT2D eigenvalue weighted by Crippen LogP contribution is 2.22. The average Bonchev–Trinajstić information content (AvgIpc) is 2.73. The number of hydrogen-bond donors (Lipinski definition) is 0. The Morgan fingerprint density at radius 1 is 1.24 bits per heavy atom. The van der Waals surface area contributed by atoms with Crippen LogP contribution in [0.15, 0.2) is 30.5 Å². The lowest BCUT2D eigenvalue weighted by atomic mass is 10.0. The maximum Gasteiger partial charge on any atom is 0.0483 e. The first-order valence-electron chi connectivity index (χ1n) is 6.46. The molecule has 0 aliphatic carbocycles. The second kappa shape index (κ2) is 4.53. The van der Waals surface area contributed by atoms with Gasteiger partial charge in [-0.3, -0.25) is 0 Å². The molecule has 1 aliphatic heterocycles. The van der Waals surface area contributed by atoms with Crippen molar-refractivity contribution in [1.29, 1.82) is 0 Å². The Morgan fingerprint density at radius 3 is 2.88 bits per heavy atom. The van der Waals surface area contributed by atoms with Crippen molar-refractivity contribution in [2.45, 2.75) is 26.3 Å². The van der Waals surface area contributed by atoms with Gasteiger partial charge in [0.1, 0.15) is 0 Å². The monoisotopic (exact) mass is 229 g/mol. The van der Waals surface area contributed by atoms with E-state index in [9.17, 15) is 0 Å². The fourth-order valence-corrected chi connectivity index (χ4v) is 2.66. The Morgan fingerprint density at radius 2 is 2.06 bits per heavy atom. The molecule has 0 radical (unpaired) electrons. The summed E-state index contributed by atoms with van der Waals surface area (Å²) < 4.78 is 7.82. The largest absolute Gasteiger partial charge is 0.381 e. The molecule has 0 N–H and O–H groups in total. The van der Waals surface area contributed by atoms with E-state index in [0.717, 1.165) is 25.7 Å². The first kappa shape index (κ1) is 10.8. The molecule has 0 spiro atoms. The van der Waals surface area contributed by atoms with Gasteiger partial charge in [-0.1, -0.05) is 12.1 Å². The average molecular weight is 229 g/mol. The Bertz CT molecular complexity index is 509. The second-order valence-electron chi connectivity index (χ2n) is 5.09. The highest BCUT2D eigenvalue weighted by Gasteiger charge is 2.14. The standard InChI is InChI=1S/C15H19NO/c1-12-2-3-14-4-7-16(15(14)10-12)11-13-5-8-17-9-6-13/h2-4,7,10,13H,5-6,8-9,11H2,1H3.